The monoisotopic (exact) mass is 316 g/mol. The van der Waals surface area contributed by atoms with Crippen LogP contribution in [-0.4, -0.2) is 53.2 Å². The molecule has 122 valence electrons. The van der Waals surface area contributed by atoms with Crippen molar-refractivity contribution >= 4 is 11.7 Å². The van der Waals surface area contributed by atoms with Gasteiger partial charge < -0.3 is 20.2 Å². The minimum absolute atomic E-state index is 0.230. The molecular weight excluding hydrogens is 296 g/mol. The van der Waals surface area contributed by atoms with Gasteiger partial charge in [0.1, 0.15) is 17.3 Å². The molecule has 1 aliphatic heterocycles. The molecule has 1 amide bonds. The van der Waals surface area contributed by atoms with Crippen LogP contribution < -0.4 is 10.6 Å². The van der Waals surface area contributed by atoms with E-state index in [1.165, 1.54) is 0 Å². The molecule has 1 saturated heterocycles. The predicted molar refractivity (Wildman–Crippen MR) is 85.0 cm³/mol. The van der Waals surface area contributed by atoms with E-state index in [1.54, 1.807) is 18.4 Å². The number of hydrogen-bond donors (Lipinski definition) is 2. The van der Waals surface area contributed by atoms with Gasteiger partial charge in [0.25, 0.3) is 5.91 Å². The summed E-state index contributed by atoms with van der Waals surface area (Å²) in [7, 11) is 0. The SMILES string of the molecule is NC(=O)c1cccc(N2CCN(Cc3ccco3)C[C@@H](O)C2)n1. The molecule has 2 aromatic heterocycles. The first-order chi connectivity index (χ1) is 11.1. The number of amides is 1. The van der Waals surface area contributed by atoms with Crippen LogP contribution in [0.5, 0.6) is 0 Å². The second kappa shape index (κ2) is 6.80. The van der Waals surface area contributed by atoms with E-state index in [9.17, 15) is 9.90 Å². The maximum atomic E-state index is 11.3. The number of carbonyl (C=O) groups excluding carboxylic acids is 1. The molecule has 3 N–H and O–H groups in total. The van der Waals surface area contributed by atoms with Gasteiger partial charge in [-0.1, -0.05) is 6.07 Å². The largest absolute Gasteiger partial charge is 0.468 e. The Hall–Kier alpha value is -2.38. The molecule has 0 unspecified atom stereocenters. The molecule has 0 spiro atoms. The van der Waals surface area contributed by atoms with Crippen LogP contribution in [0.25, 0.3) is 0 Å². The molecular formula is C16H20N4O3. The van der Waals surface area contributed by atoms with Crippen molar-refractivity contribution in [2.24, 2.45) is 5.73 Å². The number of hydrogen-bond acceptors (Lipinski definition) is 6. The van der Waals surface area contributed by atoms with E-state index in [4.69, 9.17) is 10.2 Å². The molecule has 3 rings (SSSR count). The minimum Gasteiger partial charge on any atom is -0.468 e. The van der Waals surface area contributed by atoms with Gasteiger partial charge in [-0.05, 0) is 24.3 Å². The molecule has 0 aliphatic carbocycles. The molecule has 7 nitrogen and oxygen atoms in total. The molecule has 3 heterocycles. The van der Waals surface area contributed by atoms with Crippen LogP contribution in [0.3, 0.4) is 0 Å². The van der Waals surface area contributed by atoms with Gasteiger partial charge in [0.05, 0.1) is 18.9 Å². The van der Waals surface area contributed by atoms with Gasteiger partial charge in [0.2, 0.25) is 0 Å². The fraction of sp³-hybridized carbons (Fsp3) is 0.375. The van der Waals surface area contributed by atoms with E-state index in [-0.39, 0.29) is 5.69 Å². The number of primary amides is 1. The lowest BCUT2D eigenvalue weighted by atomic mass is 10.3. The lowest BCUT2D eigenvalue weighted by Crippen LogP contribution is -2.34. The Morgan fingerprint density at radius 2 is 2.17 bits per heavy atom. The average molecular weight is 316 g/mol. The maximum absolute atomic E-state index is 11.3. The number of aliphatic hydroxyl groups is 1. The Balaban J connectivity index is 1.70. The zero-order chi connectivity index (χ0) is 16.2. The topological polar surface area (TPSA) is 95.8 Å². The molecule has 1 fully saturated rings. The average Bonchev–Trinajstić information content (AvgIpc) is 2.96. The standard InChI is InChI=1S/C16H20N4O3/c17-16(22)14-4-1-5-15(18-14)20-7-6-19(9-12(21)10-20)11-13-3-2-8-23-13/h1-5,8,12,21H,6-7,9-11H2,(H2,17,22)/t12-/m1/s1. The van der Waals surface area contributed by atoms with Crippen molar-refractivity contribution in [2.75, 3.05) is 31.1 Å². The molecule has 1 aliphatic rings. The van der Waals surface area contributed by atoms with Crippen LogP contribution in [0.1, 0.15) is 16.2 Å². The zero-order valence-electron chi connectivity index (χ0n) is 12.8. The first-order valence-electron chi connectivity index (χ1n) is 7.56. The quantitative estimate of drug-likeness (QED) is 0.850. The van der Waals surface area contributed by atoms with Gasteiger partial charge in [-0.15, -0.1) is 0 Å². The van der Waals surface area contributed by atoms with Gasteiger partial charge in [0.15, 0.2) is 0 Å². The third-order valence-corrected chi connectivity index (χ3v) is 3.86. The van der Waals surface area contributed by atoms with Crippen molar-refractivity contribution in [3.8, 4) is 0 Å². The first-order valence-corrected chi connectivity index (χ1v) is 7.56. The normalized spacial score (nSPS) is 19.5. The number of nitrogens with zero attached hydrogens (tertiary/aromatic N) is 3. The fourth-order valence-electron chi connectivity index (χ4n) is 2.77. The molecule has 0 saturated carbocycles. The molecule has 0 aromatic carbocycles. The predicted octanol–water partition coefficient (Wildman–Crippen LogP) is 0.457. The lowest BCUT2D eigenvalue weighted by Gasteiger charge is -2.23. The summed E-state index contributed by atoms with van der Waals surface area (Å²) in [5.74, 6) is 0.973. The number of nitrogens with two attached hydrogens (primary N) is 1. The summed E-state index contributed by atoms with van der Waals surface area (Å²) in [4.78, 5) is 19.7. The Bertz CT molecular complexity index is 659. The highest BCUT2D eigenvalue weighted by Gasteiger charge is 2.23. The van der Waals surface area contributed by atoms with Crippen molar-refractivity contribution in [3.63, 3.8) is 0 Å². The van der Waals surface area contributed by atoms with E-state index >= 15 is 0 Å². The third kappa shape index (κ3) is 3.88. The Kier molecular flexibility index (Phi) is 4.59. The Labute approximate surface area is 134 Å². The maximum Gasteiger partial charge on any atom is 0.267 e. The summed E-state index contributed by atoms with van der Waals surface area (Å²) in [6, 6.07) is 8.94. The fourth-order valence-corrected chi connectivity index (χ4v) is 2.77. The summed E-state index contributed by atoms with van der Waals surface area (Å²) in [6.45, 7) is 3.15. The minimum atomic E-state index is -0.554. The van der Waals surface area contributed by atoms with Gasteiger partial charge >= 0.3 is 0 Å². The molecule has 1 atom stereocenters. The number of furan rings is 1. The van der Waals surface area contributed by atoms with Crippen LogP contribution in [0, 0.1) is 0 Å². The summed E-state index contributed by atoms with van der Waals surface area (Å²) >= 11 is 0. The van der Waals surface area contributed by atoms with Crippen LogP contribution in [0.15, 0.2) is 41.0 Å². The second-order valence-electron chi connectivity index (χ2n) is 5.66. The zero-order valence-corrected chi connectivity index (χ0v) is 12.8. The summed E-state index contributed by atoms with van der Waals surface area (Å²) < 4.78 is 5.37. The van der Waals surface area contributed by atoms with E-state index in [0.717, 1.165) is 12.3 Å². The molecule has 7 heteroatoms. The number of anilines is 1. The van der Waals surface area contributed by atoms with Crippen LogP contribution in [0.4, 0.5) is 5.82 Å². The third-order valence-electron chi connectivity index (χ3n) is 3.86. The van der Waals surface area contributed by atoms with Gasteiger partial charge in [0, 0.05) is 26.2 Å². The first kappa shape index (κ1) is 15.5. The van der Waals surface area contributed by atoms with Crippen LogP contribution >= 0.6 is 0 Å². The van der Waals surface area contributed by atoms with Gasteiger partial charge in [-0.3, -0.25) is 9.69 Å². The van der Waals surface area contributed by atoms with E-state index in [0.29, 0.717) is 32.0 Å². The van der Waals surface area contributed by atoms with Crippen LogP contribution in [0.2, 0.25) is 0 Å². The highest BCUT2D eigenvalue weighted by atomic mass is 16.3. The number of carbonyl (C=O) groups is 1. The molecule has 2 aromatic rings. The second-order valence-corrected chi connectivity index (χ2v) is 5.66. The van der Waals surface area contributed by atoms with Gasteiger partial charge in [-0.2, -0.15) is 0 Å². The summed E-state index contributed by atoms with van der Waals surface area (Å²) in [6.07, 6.45) is 1.14. The summed E-state index contributed by atoms with van der Waals surface area (Å²) in [5, 5.41) is 10.3. The number of aliphatic hydroxyl groups excluding tert-OH is 1. The Morgan fingerprint density at radius 3 is 2.91 bits per heavy atom. The van der Waals surface area contributed by atoms with Crippen molar-refractivity contribution in [3.05, 3.63) is 48.0 Å². The number of β-amino-alcohol motifs (C(OH)–C–C–N with tert-alkyl or cyclic N) is 1. The molecule has 0 bridgehead atoms. The van der Waals surface area contributed by atoms with E-state index in [2.05, 4.69) is 9.88 Å². The van der Waals surface area contributed by atoms with Crippen molar-refractivity contribution in [1.82, 2.24) is 9.88 Å². The van der Waals surface area contributed by atoms with E-state index < -0.39 is 12.0 Å². The smallest absolute Gasteiger partial charge is 0.267 e. The van der Waals surface area contributed by atoms with Gasteiger partial charge in [-0.25, -0.2) is 4.98 Å². The highest BCUT2D eigenvalue weighted by Crippen LogP contribution is 2.16. The lowest BCUT2D eigenvalue weighted by molar-refractivity contribution is 0.0995. The Morgan fingerprint density at radius 1 is 1.30 bits per heavy atom. The summed E-state index contributed by atoms with van der Waals surface area (Å²) in [5.41, 5.74) is 5.51. The molecule has 23 heavy (non-hydrogen) atoms. The number of pyridine rings is 1. The van der Waals surface area contributed by atoms with Crippen molar-refractivity contribution in [1.29, 1.82) is 0 Å². The molecule has 0 radical (unpaired) electrons. The van der Waals surface area contributed by atoms with Crippen molar-refractivity contribution in [2.45, 2.75) is 12.6 Å². The highest BCUT2D eigenvalue weighted by molar-refractivity contribution is 5.91. The van der Waals surface area contributed by atoms with Crippen LogP contribution in [-0.2, 0) is 6.54 Å². The van der Waals surface area contributed by atoms with E-state index in [1.807, 2.05) is 23.1 Å². The number of rotatable bonds is 4. The van der Waals surface area contributed by atoms with Crippen molar-refractivity contribution < 1.29 is 14.3 Å². The number of aromatic nitrogens is 1.